The number of esters is 1. The molecular formula is C11H18N2O4. The molecule has 1 rings (SSSR count). The van der Waals surface area contributed by atoms with Gasteiger partial charge in [-0.15, -0.1) is 0 Å². The molecule has 0 bridgehead atoms. The number of anilines is 1. The summed E-state index contributed by atoms with van der Waals surface area (Å²) in [6, 6.07) is 0.291. The van der Waals surface area contributed by atoms with Gasteiger partial charge in [0.05, 0.1) is 12.7 Å². The van der Waals surface area contributed by atoms with Crippen molar-refractivity contribution in [2.24, 2.45) is 0 Å². The zero-order valence-electron chi connectivity index (χ0n) is 10.4. The van der Waals surface area contributed by atoms with Gasteiger partial charge in [0, 0.05) is 13.2 Å². The molecule has 96 valence electrons. The normalized spacial score (nSPS) is 12.2. The third-order valence-electron chi connectivity index (χ3n) is 1.98. The summed E-state index contributed by atoms with van der Waals surface area (Å²) >= 11 is 0. The third-order valence-corrected chi connectivity index (χ3v) is 1.98. The number of carbonyl (C=O) groups excluding carboxylic acids is 1. The molecule has 0 aliphatic heterocycles. The first kappa shape index (κ1) is 13.5. The Hall–Kier alpha value is -1.56. The Labute approximate surface area is 100 Å². The van der Waals surface area contributed by atoms with Gasteiger partial charge in [-0.1, -0.05) is 0 Å². The lowest BCUT2D eigenvalue weighted by Crippen LogP contribution is -2.19. The molecule has 1 heterocycles. The number of nitrogens with zero attached hydrogens (tertiary/aromatic N) is 1. The fraction of sp³-hybridized carbons (Fsp3) is 0.636. The summed E-state index contributed by atoms with van der Waals surface area (Å²) in [6.45, 7) is 7.14. The summed E-state index contributed by atoms with van der Waals surface area (Å²) in [7, 11) is 0. The zero-order chi connectivity index (χ0) is 12.7. The largest absolute Gasteiger partial charge is 0.461 e. The maximum absolute atomic E-state index is 11.3. The monoisotopic (exact) mass is 242 g/mol. The van der Waals surface area contributed by atoms with Crippen LogP contribution in [0.25, 0.3) is 0 Å². The first-order valence-corrected chi connectivity index (χ1v) is 5.65. The number of nitrogens with one attached hydrogen (secondary N) is 1. The van der Waals surface area contributed by atoms with Crippen LogP contribution < -0.4 is 5.32 Å². The smallest absolute Gasteiger partial charge is 0.360 e. The van der Waals surface area contributed by atoms with E-state index in [0.29, 0.717) is 25.8 Å². The van der Waals surface area contributed by atoms with Crippen molar-refractivity contribution in [1.29, 1.82) is 0 Å². The molecule has 0 fully saturated rings. The predicted octanol–water partition coefficient (Wildman–Crippen LogP) is 1.69. The van der Waals surface area contributed by atoms with Gasteiger partial charge >= 0.3 is 5.97 Å². The summed E-state index contributed by atoms with van der Waals surface area (Å²) in [5.74, 6) is -0.484. The molecule has 6 nitrogen and oxygen atoms in total. The molecule has 0 saturated heterocycles. The molecule has 1 unspecified atom stereocenters. The maximum Gasteiger partial charge on any atom is 0.360 e. The SMILES string of the molecule is CCOC(=O)c1coc(NCC(C)OCC)n1. The van der Waals surface area contributed by atoms with E-state index >= 15 is 0 Å². The summed E-state index contributed by atoms with van der Waals surface area (Å²) in [5.41, 5.74) is 0.165. The Morgan fingerprint density at radius 3 is 2.94 bits per heavy atom. The van der Waals surface area contributed by atoms with Gasteiger partial charge in [0.2, 0.25) is 0 Å². The minimum absolute atomic E-state index is 0.0537. The van der Waals surface area contributed by atoms with Crippen molar-refractivity contribution in [2.45, 2.75) is 26.9 Å². The summed E-state index contributed by atoms with van der Waals surface area (Å²) in [4.78, 5) is 15.3. The number of hydrogen-bond donors (Lipinski definition) is 1. The first-order valence-electron chi connectivity index (χ1n) is 5.65. The number of rotatable bonds is 7. The fourth-order valence-electron chi connectivity index (χ4n) is 1.23. The van der Waals surface area contributed by atoms with Crippen molar-refractivity contribution < 1.29 is 18.7 Å². The number of carbonyl (C=O) groups is 1. The Bertz CT molecular complexity index is 351. The minimum Gasteiger partial charge on any atom is -0.461 e. The lowest BCUT2D eigenvalue weighted by Gasteiger charge is -2.10. The Balaban J connectivity index is 2.43. The van der Waals surface area contributed by atoms with Crippen LogP contribution in [0.3, 0.4) is 0 Å². The van der Waals surface area contributed by atoms with Crippen molar-refractivity contribution in [3.8, 4) is 0 Å². The lowest BCUT2D eigenvalue weighted by atomic mass is 10.4. The van der Waals surface area contributed by atoms with Crippen LogP contribution in [0.1, 0.15) is 31.3 Å². The van der Waals surface area contributed by atoms with Crippen molar-refractivity contribution in [3.05, 3.63) is 12.0 Å². The Morgan fingerprint density at radius 2 is 2.29 bits per heavy atom. The first-order chi connectivity index (χ1) is 8.17. The highest BCUT2D eigenvalue weighted by Crippen LogP contribution is 2.08. The van der Waals surface area contributed by atoms with Gasteiger partial charge in [0.1, 0.15) is 6.26 Å². The summed E-state index contributed by atoms with van der Waals surface area (Å²) < 4.78 is 15.2. The molecule has 1 N–H and O–H groups in total. The van der Waals surface area contributed by atoms with Crippen LogP contribution in [0.15, 0.2) is 10.7 Å². The zero-order valence-corrected chi connectivity index (χ0v) is 10.4. The number of aromatic nitrogens is 1. The van der Waals surface area contributed by atoms with E-state index in [-0.39, 0.29) is 11.8 Å². The average molecular weight is 242 g/mol. The van der Waals surface area contributed by atoms with Gasteiger partial charge in [0.15, 0.2) is 5.69 Å². The second-order valence-electron chi connectivity index (χ2n) is 3.41. The van der Waals surface area contributed by atoms with Crippen LogP contribution in [-0.4, -0.2) is 36.8 Å². The number of hydrogen-bond acceptors (Lipinski definition) is 6. The Morgan fingerprint density at radius 1 is 1.53 bits per heavy atom. The van der Waals surface area contributed by atoms with E-state index in [1.165, 1.54) is 6.26 Å². The molecule has 1 atom stereocenters. The van der Waals surface area contributed by atoms with E-state index < -0.39 is 5.97 Å². The van der Waals surface area contributed by atoms with Gasteiger partial charge in [-0.25, -0.2) is 4.79 Å². The van der Waals surface area contributed by atoms with Crippen LogP contribution in [0.5, 0.6) is 0 Å². The number of ether oxygens (including phenoxy) is 2. The number of oxazole rings is 1. The van der Waals surface area contributed by atoms with E-state index in [4.69, 9.17) is 13.9 Å². The van der Waals surface area contributed by atoms with Gasteiger partial charge in [-0.3, -0.25) is 0 Å². The molecule has 1 aromatic rings. The minimum atomic E-state index is -0.484. The highest BCUT2D eigenvalue weighted by atomic mass is 16.5. The molecule has 0 spiro atoms. The maximum atomic E-state index is 11.3. The molecule has 0 amide bonds. The second-order valence-corrected chi connectivity index (χ2v) is 3.41. The molecule has 6 heteroatoms. The third kappa shape index (κ3) is 4.44. The van der Waals surface area contributed by atoms with Gasteiger partial charge in [-0.05, 0) is 20.8 Å². The van der Waals surface area contributed by atoms with Gasteiger partial charge in [-0.2, -0.15) is 4.98 Å². The molecular weight excluding hydrogens is 224 g/mol. The van der Waals surface area contributed by atoms with Crippen LogP contribution in [0.2, 0.25) is 0 Å². The lowest BCUT2D eigenvalue weighted by molar-refractivity contribution is 0.0519. The highest BCUT2D eigenvalue weighted by Gasteiger charge is 2.13. The molecule has 1 aromatic heterocycles. The van der Waals surface area contributed by atoms with E-state index in [0.717, 1.165) is 0 Å². The molecule has 0 saturated carbocycles. The molecule has 0 aliphatic carbocycles. The Kier molecular flexibility index (Phi) is 5.48. The highest BCUT2D eigenvalue weighted by molar-refractivity contribution is 5.87. The van der Waals surface area contributed by atoms with Gasteiger partial charge in [0.25, 0.3) is 6.01 Å². The molecule has 0 radical (unpaired) electrons. The van der Waals surface area contributed by atoms with Crippen LogP contribution in [0.4, 0.5) is 6.01 Å². The summed E-state index contributed by atoms with van der Waals surface area (Å²) in [6.07, 6.45) is 1.32. The van der Waals surface area contributed by atoms with E-state index in [1.54, 1.807) is 6.92 Å². The van der Waals surface area contributed by atoms with Crippen molar-refractivity contribution in [1.82, 2.24) is 4.98 Å². The summed E-state index contributed by atoms with van der Waals surface area (Å²) in [5, 5.41) is 2.94. The van der Waals surface area contributed by atoms with Crippen LogP contribution in [-0.2, 0) is 9.47 Å². The topological polar surface area (TPSA) is 73.6 Å². The predicted molar refractivity (Wildman–Crippen MR) is 62.0 cm³/mol. The van der Waals surface area contributed by atoms with Crippen molar-refractivity contribution in [3.63, 3.8) is 0 Å². The molecule has 0 aliphatic rings. The second kappa shape index (κ2) is 6.90. The molecule has 0 aromatic carbocycles. The van der Waals surface area contributed by atoms with Gasteiger partial charge < -0.3 is 19.2 Å². The quantitative estimate of drug-likeness (QED) is 0.733. The van der Waals surface area contributed by atoms with E-state index in [2.05, 4.69) is 10.3 Å². The van der Waals surface area contributed by atoms with Crippen molar-refractivity contribution >= 4 is 12.0 Å². The van der Waals surface area contributed by atoms with Crippen LogP contribution in [0, 0.1) is 0 Å². The van der Waals surface area contributed by atoms with Crippen LogP contribution >= 0.6 is 0 Å². The fourth-order valence-corrected chi connectivity index (χ4v) is 1.23. The van der Waals surface area contributed by atoms with E-state index in [1.807, 2.05) is 13.8 Å². The molecule has 17 heavy (non-hydrogen) atoms. The standard InChI is InChI=1S/C11H18N2O4/c1-4-15-8(3)6-12-11-13-9(7-17-11)10(14)16-5-2/h7-8H,4-6H2,1-3H3,(H,12,13). The average Bonchev–Trinajstić information content (AvgIpc) is 2.76. The van der Waals surface area contributed by atoms with E-state index in [9.17, 15) is 4.79 Å². The van der Waals surface area contributed by atoms with Crippen molar-refractivity contribution in [2.75, 3.05) is 25.1 Å².